The molecule has 0 spiro atoms. The van der Waals surface area contributed by atoms with Crippen LogP contribution >= 0.6 is 0 Å². The van der Waals surface area contributed by atoms with Crippen LogP contribution in [0.15, 0.2) is 48.1 Å². The summed E-state index contributed by atoms with van der Waals surface area (Å²) < 4.78 is 21.9. The van der Waals surface area contributed by atoms with Crippen LogP contribution in [-0.4, -0.2) is 117 Å². The second-order valence-electron chi connectivity index (χ2n) is 12.0. The zero-order valence-electron chi connectivity index (χ0n) is 24.7. The van der Waals surface area contributed by atoms with Gasteiger partial charge >= 0.3 is 11.9 Å². The van der Waals surface area contributed by atoms with Gasteiger partial charge in [0.2, 0.25) is 0 Å². The number of carbonyl (C=O) groups excluding carboxylic acids is 2. The number of aliphatic hydroxyl groups excluding tert-OH is 6. The molecule has 4 rings (SSSR count). The second-order valence-corrected chi connectivity index (χ2v) is 12.0. The van der Waals surface area contributed by atoms with Crippen LogP contribution in [0.3, 0.4) is 0 Å². The Morgan fingerprint density at radius 2 is 1.77 bits per heavy atom. The minimum absolute atomic E-state index is 0.0380. The van der Waals surface area contributed by atoms with Crippen molar-refractivity contribution in [3.63, 3.8) is 0 Å². The topological polar surface area (TPSA) is 213 Å². The molecule has 0 unspecified atom stereocenters. The minimum Gasteiger partial charge on any atom is -0.508 e. The molecule has 1 aromatic rings. The summed E-state index contributed by atoms with van der Waals surface area (Å²) in [6, 6.07) is 6.06. The molecule has 0 aromatic heterocycles. The molecule has 1 saturated carbocycles. The number of phenols is 1. The Bertz CT molecular complexity index is 1210. The molecule has 1 heterocycles. The number of carbonyl (C=O) groups is 2. The van der Waals surface area contributed by atoms with Crippen LogP contribution in [0.25, 0.3) is 0 Å². The quantitative estimate of drug-likeness (QED) is 0.0995. The van der Waals surface area contributed by atoms with Crippen molar-refractivity contribution in [2.24, 2.45) is 17.3 Å². The van der Waals surface area contributed by atoms with Crippen molar-refractivity contribution in [3.05, 3.63) is 53.6 Å². The zero-order chi connectivity index (χ0) is 32.3. The minimum atomic E-state index is -1.64. The van der Waals surface area contributed by atoms with E-state index in [1.165, 1.54) is 19.2 Å². The van der Waals surface area contributed by atoms with E-state index in [9.17, 15) is 45.3 Å². The molecule has 11 atom stereocenters. The summed E-state index contributed by atoms with van der Waals surface area (Å²) in [5.41, 5.74) is 0.365. The first-order chi connectivity index (χ1) is 20.8. The molecule has 0 amide bonds. The largest absolute Gasteiger partial charge is 0.508 e. The highest BCUT2D eigenvalue weighted by Gasteiger charge is 2.56. The average Bonchev–Trinajstić information content (AvgIpc) is 3.00. The van der Waals surface area contributed by atoms with Crippen molar-refractivity contribution in [3.8, 4) is 5.75 Å². The molecule has 1 aliphatic heterocycles. The lowest BCUT2D eigenvalue weighted by molar-refractivity contribution is -0.299. The van der Waals surface area contributed by atoms with Crippen LogP contribution < -0.4 is 0 Å². The average molecular weight is 623 g/mol. The van der Waals surface area contributed by atoms with Crippen LogP contribution in [0.1, 0.15) is 31.7 Å². The molecule has 244 valence electrons. The number of ether oxygens (including phenoxy) is 4. The lowest BCUT2D eigenvalue weighted by atomic mass is 9.54. The van der Waals surface area contributed by atoms with Gasteiger partial charge in [0.1, 0.15) is 36.3 Å². The molecular weight excluding hydrogens is 580 g/mol. The highest BCUT2D eigenvalue weighted by Crippen LogP contribution is 2.54. The number of phenolic OH excluding ortho intramolecular Hbond substituents is 1. The third kappa shape index (κ3) is 6.85. The van der Waals surface area contributed by atoms with E-state index in [1.54, 1.807) is 18.2 Å². The van der Waals surface area contributed by atoms with Crippen molar-refractivity contribution in [1.29, 1.82) is 0 Å². The van der Waals surface area contributed by atoms with Gasteiger partial charge < -0.3 is 54.7 Å². The molecule has 0 bridgehead atoms. The Morgan fingerprint density at radius 1 is 1.09 bits per heavy atom. The number of esters is 2. The number of aliphatic hydroxyl groups is 6. The normalized spacial score (nSPS) is 36.0. The van der Waals surface area contributed by atoms with Crippen molar-refractivity contribution >= 4 is 11.9 Å². The number of fused-ring (bicyclic) bond motifs is 1. The zero-order valence-corrected chi connectivity index (χ0v) is 24.7. The molecule has 7 N–H and O–H groups in total. The summed E-state index contributed by atoms with van der Waals surface area (Å²) in [5, 5.41) is 72.0. The van der Waals surface area contributed by atoms with Gasteiger partial charge in [-0.3, -0.25) is 0 Å². The lowest BCUT2D eigenvalue weighted by Gasteiger charge is -2.54. The van der Waals surface area contributed by atoms with E-state index in [2.05, 4.69) is 6.58 Å². The molecule has 3 aliphatic rings. The Labute approximate surface area is 254 Å². The molecule has 2 aliphatic carbocycles. The van der Waals surface area contributed by atoms with E-state index in [4.69, 9.17) is 18.9 Å². The second kappa shape index (κ2) is 14.0. The van der Waals surface area contributed by atoms with Gasteiger partial charge in [-0.05, 0) is 36.1 Å². The summed E-state index contributed by atoms with van der Waals surface area (Å²) in [5.74, 6) is -2.90. The molecule has 1 saturated heterocycles. The van der Waals surface area contributed by atoms with E-state index in [1.807, 2.05) is 6.92 Å². The first-order valence-corrected chi connectivity index (χ1v) is 14.5. The SMILES string of the molecule is C=C(C(=O)OC)[C@H]1CC[C@]2(C)[C@H](C(CO[C@H]3O[C@H](CO)[C@@H](O)[C@H](O)[C@@H]3O)=CC[C@H]2OC(=O)[C@H](O)Cc2ccc(O)cc2)[C@@H]1O. The van der Waals surface area contributed by atoms with Crippen LogP contribution in [0.4, 0.5) is 0 Å². The molecule has 44 heavy (non-hydrogen) atoms. The first kappa shape index (κ1) is 34.0. The number of rotatable bonds is 10. The van der Waals surface area contributed by atoms with Crippen molar-refractivity contribution in [2.75, 3.05) is 20.3 Å². The van der Waals surface area contributed by atoms with Crippen molar-refractivity contribution in [2.45, 2.75) is 81.6 Å². The third-order valence-corrected chi connectivity index (χ3v) is 9.24. The van der Waals surface area contributed by atoms with Crippen LogP contribution in [0.5, 0.6) is 5.75 Å². The fourth-order valence-electron chi connectivity index (χ4n) is 6.61. The summed E-state index contributed by atoms with van der Waals surface area (Å²) in [7, 11) is 1.21. The smallest absolute Gasteiger partial charge is 0.335 e. The number of methoxy groups -OCH3 is 1. The van der Waals surface area contributed by atoms with Gasteiger partial charge in [-0.2, -0.15) is 0 Å². The Balaban J connectivity index is 1.56. The monoisotopic (exact) mass is 622 g/mol. The Hall–Kier alpha value is -2.88. The van der Waals surface area contributed by atoms with E-state index in [0.717, 1.165) is 0 Å². The lowest BCUT2D eigenvalue weighted by Crippen LogP contribution is -2.59. The molecular formula is C31H42O13. The Kier molecular flexibility index (Phi) is 10.9. The molecule has 13 heteroatoms. The van der Waals surface area contributed by atoms with E-state index in [0.29, 0.717) is 24.0 Å². The van der Waals surface area contributed by atoms with Gasteiger partial charge in [0.05, 0.1) is 26.4 Å². The van der Waals surface area contributed by atoms with Gasteiger partial charge in [-0.25, -0.2) is 9.59 Å². The van der Waals surface area contributed by atoms with Gasteiger partial charge in [0, 0.05) is 35.7 Å². The predicted molar refractivity (Wildman–Crippen MR) is 152 cm³/mol. The maximum Gasteiger partial charge on any atom is 0.335 e. The first-order valence-electron chi connectivity index (χ1n) is 14.5. The Morgan fingerprint density at radius 3 is 2.41 bits per heavy atom. The summed E-state index contributed by atoms with van der Waals surface area (Å²) in [4.78, 5) is 25.4. The van der Waals surface area contributed by atoms with Gasteiger partial charge in [-0.1, -0.05) is 31.7 Å². The highest BCUT2D eigenvalue weighted by molar-refractivity contribution is 5.88. The fourth-order valence-corrected chi connectivity index (χ4v) is 6.61. The molecule has 0 radical (unpaired) electrons. The summed E-state index contributed by atoms with van der Waals surface area (Å²) in [6.07, 6.45) is -8.26. The van der Waals surface area contributed by atoms with Crippen LogP contribution in [0, 0.1) is 17.3 Å². The van der Waals surface area contributed by atoms with Crippen LogP contribution in [0.2, 0.25) is 0 Å². The summed E-state index contributed by atoms with van der Waals surface area (Å²) in [6.45, 7) is 4.84. The highest BCUT2D eigenvalue weighted by atomic mass is 16.7. The summed E-state index contributed by atoms with van der Waals surface area (Å²) >= 11 is 0. The van der Waals surface area contributed by atoms with Gasteiger partial charge in [0.25, 0.3) is 0 Å². The van der Waals surface area contributed by atoms with Crippen molar-refractivity contribution in [1.82, 2.24) is 0 Å². The fraction of sp³-hybridized carbons (Fsp3) is 0.613. The van der Waals surface area contributed by atoms with Gasteiger partial charge in [0.15, 0.2) is 12.4 Å². The van der Waals surface area contributed by atoms with Gasteiger partial charge in [-0.15, -0.1) is 0 Å². The molecule has 2 fully saturated rings. The van der Waals surface area contributed by atoms with E-state index in [-0.39, 0.29) is 30.8 Å². The van der Waals surface area contributed by atoms with E-state index >= 15 is 0 Å². The maximum atomic E-state index is 13.0. The predicted octanol–water partition coefficient (Wildman–Crippen LogP) is -0.523. The molecule has 13 nitrogen and oxygen atoms in total. The molecule has 1 aromatic carbocycles. The van der Waals surface area contributed by atoms with Crippen molar-refractivity contribution < 1.29 is 64.3 Å². The maximum absolute atomic E-state index is 13.0. The number of aromatic hydroxyl groups is 1. The standard InChI is InChI=1S/C31H42O13/c1-15(28(39)41-3)19-10-11-31(2)22(44-29(40)20(34)12-16-4-7-18(33)8-5-16)9-6-17(23(31)24(19)35)14-42-30-27(38)26(37)25(36)21(13-32)43-30/h4-8,19-27,30,32-38H,1,9-14H2,2-3H3/t19-,20-,21-,22-,23-,24-,25-,26+,27+,30+,31+/m1/s1. The third-order valence-electron chi connectivity index (χ3n) is 9.24. The number of benzene rings is 1. The van der Waals surface area contributed by atoms with Crippen LogP contribution in [-0.2, 0) is 35.0 Å². The number of hydrogen-bond donors (Lipinski definition) is 7. The van der Waals surface area contributed by atoms with E-state index < -0.39 is 84.8 Å². The number of hydrogen-bond acceptors (Lipinski definition) is 13.